The summed E-state index contributed by atoms with van der Waals surface area (Å²) in [5.41, 5.74) is 6.33. The minimum atomic E-state index is -0.325. The molecule has 0 bridgehead atoms. The summed E-state index contributed by atoms with van der Waals surface area (Å²) in [5, 5.41) is 4.34. The van der Waals surface area contributed by atoms with Crippen LogP contribution in [0.15, 0.2) is 6.07 Å². The van der Waals surface area contributed by atoms with Gasteiger partial charge in [-0.1, -0.05) is 12.8 Å². The van der Waals surface area contributed by atoms with Crippen LogP contribution in [0.3, 0.4) is 0 Å². The number of anilines is 2. The molecule has 1 fully saturated rings. The van der Waals surface area contributed by atoms with Crippen molar-refractivity contribution in [3.63, 3.8) is 0 Å². The average molecular weight is 268 g/mol. The van der Waals surface area contributed by atoms with Crippen LogP contribution in [-0.4, -0.2) is 19.1 Å². The number of hydrogen-bond donors (Lipinski definition) is 2. The van der Waals surface area contributed by atoms with Crippen molar-refractivity contribution < 1.29 is 9.53 Å². The Labute approximate surface area is 112 Å². The van der Waals surface area contributed by atoms with Gasteiger partial charge in [0.2, 0.25) is 0 Å². The summed E-state index contributed by atoms with van der Waals surface area (Å²) in [7, 11) is 0. The number of carbonyl (C=O) groups excluding carboxylic acids is 1. The fourth-order valence-corrected chi connectivity index (χ4v) is 3.19. The third-order valence-corrected chi connectivity index (χ3v) is 4.35. The Hall–Kier alpha value is -1.23. The molecule has 18 heavy (non-hydrogen) atoms. The van der Waals surface area contributed by atoms with Crippen LogP contribution in [0.4, 0.5) is 10.7 Å². The molecule has 0 unspecified atom stereocenters. The van der Waals surface area contributed by atoms with Crippen molar-refractivity contribution in [3.8, 4) is 0 Å². The van der Waals surface area contributed by atoms with E-state index in [1.54, 1.807) is 6.92 Å². The zero-order valence-corrected chi connectivity index (χ0v) is 11.5. The Kier molecular flexibility index (Phi) is 4.47. The zero-order valence-electron chi connectivity index (χ0n) is 10.7. The molecule has 0 saturated heterocycles. The lowest BCUT2D eigenvalue weighted by Gasteiger charge is -2.09. The van der Waals surface area contributed by atoms with E-state index in [0.717, 1.165) is 17.5 Å². The highest BCUT2D eigenvalue weighted by molar-refractivity contribution is 7.18. The van der Waals surface area contributed by atoms with Gasteiger partial charge < -0.3 is 15.8 Å². The molecule has 1 heterocycles. The molecule has 0 aliphatic heterocycles. The van der Waals surface area contributed by atoms with Gasteiger partial charge in [0.15, 0.2) is 0 Å². The van der Waals surface area contributed by atoms with E-state index in [1.807, 2.05) is 6.07 Å². The van der Waals surface area contributed by atoms with E-state index in [0.29, 0.717) is 17.2 Å². The fraction of sp³-hybridized carbons (Fsp3) is 0.615. The van der Waals surface area contributed by atoms with E-state index < -0.39 is 0 Å². The molecule has 1 aromatic rings. The summed E-state index contributed by atoms with van der Waals surface area (Å²) in [6.45, 7) is 3.14. The summed E-state index contributed by atoms with van der Waals surface area (Å²) < 4.78 is 4.96. The number of nitrogens with one attached hydrogen (secondary N) is 1. The van der Waals surface area contributed by atoms with Crippen molar-refractivity contribution in [1.29, 1.82) is 0 Å². The highest BCUT2D eigenvalue weighted by atomic mass is 32.1. The molecule has 0 aromatic carbocycles. The predicted molar refractivity (Wildman–Crippen MR) is 75.1 cm³/mol. The Morgan fingerprint density at radius 3 is 2.94 bits per heavy atom. The number of rotatable bonds is 5. The maximum absolute atomic E-state index is 11.6. The number of carbonyl (C=O) groups is 1. The number of thiophene rings is 1. The van der Waals surface area contributed by atoms with Crippen molar-refractivity contribution in [3.05, 3.63) is 10.9 Å². The third kappa shape index (κ3) is 3.16. The fourth-order valence-electron chi connectivity index (χ4n) is 2.31. The summed E-state index contributed by atoms with van der Waals surface area (Å²) in [6, 6.07) is 1.83. The first-order chi connectivity index (χ1) is 8.70. The molecule has 1 saturated carbocycles. The van der Waals surface area contributed by atoms with E-state index in [1.165, 1.54) is 37.0 Å². The van der Waals surface area contributed by atoms with Gasteiger partial charge >= 0.3 is 5.97 Å². The highest BCUT2D eigenvalue weighted by Crippen LogP contribution is 2.31. The molecular formula is C13H20N2O2S. The van der Waals surface area contributed by atoms with Crippen LogP contribution in [0.1, 0.15) is 42.3 Å². The largest absolute Gasteiger partial charge is 0.462 e. The van der Waals surface area contributed by atoms with Gasteiger partial charge in [-0.3, -0.25) is 0 Å². The monoisotopic (exact) mass is 268 g/mol. The van der Waals surface area contributed by atoms with E-state index >= 15 is 0 Å². The molecule has 0 radical (unpaired) electrons. The maximum atomic E-state index is 11.6. The van der Waals surface area contributed by atoms with E-state index in [9.17, 15) is 4.79 Å². The van der Waals surface area contributed by atoms with Crippen LogP contribution >= 0.6 is 11.3 Å². The van der Waals surface area contributed by atoms with Crippen LogP contribution in [-0.2, 0) is 4.74 Å². The van der Waals surface area contributed by atoms with Gasteiger partial charge in [-0.15, -0.1) is 11.3 Å². The van der Waals surface area contributed by atoms with Crippen LogP contribution in [0.2, 0.25) is 0 Å². The van der Waals surface area contributed by atoms with E-state index in [-0.39, 0.29) is 5.97 Å². The maximum Gasteiger partial charge on any atom is 0.350 e. The first-order valence-electron chi connectivity index (χ1n) is 6.51. The Balaban J connectivity index is 1.93. The smallest absolute Gasteiger partial charge is 0.350 e. The number of ether oxygens (including phenoxy) is 1. The molecule has 1 aliphatic carbocycles. The summed E-state index contributed by atoms with van der Waals surface area (Å²) >= 11 is 1.38. The molecule has 100 valence electrons. The van der Waals surface area contributed by atoms with Crippen LogP contribution < -0.4 is 11.1 Å². The zero-order chi connectivity index (χ0) is 13.0. The average Bonchev–Trinajstić information content (AvgIpc) is 2.96. The normalized spacial score (nSPS) is 15.8. The van der Waals surface area contributed by atoms with Crippen molar-refractivity contribution in [1.82, 2.24) is 0 Å². The van der Waals surface area contributed by atoms with Gasteiger partial charge in [-0.2, -0.15) is 0 Å². The topological polar surface area (TPSA) is 64.3 Å². The van der Waals surface area contributed by atoms with Crippen LogP contribution in [0.5, 0.6) is 0 Å². The van der Waals surface area contributed by atoms with Gasteiger partial charge in [0, 0.05) is 6.54 Å². The van der Waals surface area contributed by atoms with Crippen LogP contribution in [0, 0.1) is 5.92 Å². The molecule has 5 heteroatoms. The van der Waals surface area contributed by atoms with Crippen molar-refractivity contribution in [2.45, 2.75) is 32.6 Å². The standard InChI is InChI=1S/C13H20N2O2S/c1-2-17-13(16)12-10(14)7-11(18-12)15-8-9-5-3-4-6-9/h7,9,15H,2-6,8,14H2,1H3. The molecular weight excluding hydrogens is 248 g/mol. The summed E-state index contributed by atoms with van der Waals surface area (Å²) in [6.07, 6.45) is 5.29. The second kappa shape index (κ2) is 6.09. The Morgan fingerprint density at radius 1 is 1.56 bits per heavy atom. The minimum Gasteiger partial charge on any atom is -0.462 e. The highest BCUT2D eigenvalue weighted by Gasteiger charge is 2.17. The first kappa shape index (κ1) is 13.2. The summed E-state index contributed by atoms with van der Waals surface area (Å²) in [5.74, 6) is 0.438. The first-order valence-corrected chi connectivity index (χ1v) is 7.32. The predicted octanol–water partition coefficient (Wildman–Crippen LogP) is 3.11. The SMILES string of the molecule is CCOC(=O)c1sc(NCC2CCCC2)cc1N. The van der Waals surface area contributed by atoms with Crippen molar-refractivity contribution >= 4 is 28.0 Å². The minimum absolute atomic E-state index is 0.325. The van der Waals surface area contributed by atoms with Crippen molar-refractivity contribution in [2.75, 3.05) is 24.2 Å². The van der Waals surface area contributed by atoms with E-state index in [4.69, 9.17) is 10.5 Å². The number of hydrogen-bond acceptors (Lipinski definition) is 5. The lowest BCUT2D eigenvalue weighted by Crippen LogP contribution is -2.09. The molecule has 2 rings (SSSR count). The molecule has 3 N–H and O–H groups in total. The number of nitrogens with two attached hydrogens (primary N) is 1. The van der Waals surface area contributed by atoms with Crippen LogP contribution in [0.25, 0.3) is 0 Å². The molecule has 0 atom stereocenters. The summed E-state index contributed by atoms with van der Waals surface area (Å²) in [4.78, 5) is 12.1. The van der Waals surface area contributed by atoms with Gasteiger partial charge in [-0.05, 0) is 31.7 Å². The second-order valence-electron chi connectivity index (χ2n) is 4.65. The quantitative estimate of drug-likeness (QED) is 0.805. The molecule has 1 aromatic heterocycles. The molecule has 0 amide bonds. The lowest BCUT2D eigenvalue weighted by atomic mass is 10.1. The Morgan fingerprint density at radius 2 is 2.28 bits per heavy atom. The van der Waals surface area contributed by atoms with E-state index in [2.05, 4.69) is 5.32 Å². The number of nitrogen functional groups attached to an aromatic ring is 1. The third-order valence-electron chi connectivity index (χ3n) is 3.26. The van der Waals surface area contributed by atoms with Gasteiger partial charge in [0.05, 0.1) is 17.3 Å². The molecule has 4 nitrogen and oxygen atoms in total. The van der Waals surface area contributed by atoms with Gasteiger partial charge in [0.25, 0.3) is 0 Å². The Bertz CT molecular complexity index is 411. The molecule has 0 spiro atoms. The van der Waals surface area contributed by atoms with Gasteiger partial charge in [0.1, 0.15) is 4.88 Å². The second-order valence-corrected chi connectivity index (χ2v) is 5.70. The number of esters is 1. The molecule has 1 aliphatic rings. The lowest BCUT2D eigenvalue weighted by molar-refractivity contribution is 0.0533. The van der Waals surface area contributed by atoms with Gasteiger partial charge in [-0.25, -0.2) is 4.79 Å². The van der Waals surface area contributed by atoms with Crippen molar-refractivity contribution in [2.24, 2.45) is 5.92 Å².